The van der Waals surface area contributed by atoms with Gasteiger partial charge < -0.3 is 4.74 Å². The molecular weight excluding hydrogens is 176 g/mol. The normalized spacial score (nSPS) is 22.0. The van der Waals surface area contributed by atoms with Gasteiger partial charge in [-0.3, -0.25) is 4.79 Å². The lowest BCUT2D eigenvalue weighted by Crippen LogP contribution is -2.21. The lowest BCUT2D eigenvalue weighted by Gasteiger charge is -2.22. The first-order valence-corrected chi connectivity index (χ1v) is 5.08. The molecule has 0 spiro atoms. The van der Waals surface area contributed by atoms with Gasteiger partial charge in [0.25, 0.3) is 0 Å². The maximum atomic E-state index is 11.5. The van der Waals surface area contributed by atoms with E-state index in [4.69, 9.17) is 4.74 Å². The number of ether oxygens (including phenoxy) is 1. The fourth-order valence-corrected chi connectivity index (χ4v) is 1.71. The Morgan fingerprint density at radius 3 is 2.86 bits per heavy atom. The maximum absolute atomic E-state index is 11.5. The summed E-state index contributed by atoms with van der Waals surface area (Å²) in [6.45, 7) is 8.09. The smallest absolute Gasteiger partial charge is 0.309 e. The predicted octanol–water partition coefficient (Wildman–Crippen LogP) is 2.85. The Balaban J connectivity index is 2.48. The Labute approximate surface area is 85.6 Å². The van der Waals surface area contributed by atoms with Crippen LogP contribution in [0, 0.1) is 5.92 Å². The first kappa shape index (κ1) is 11.0. The lowest BCUT2D eigenvalue weighted by atomic mass is 9.85. The Kier molecular flexibility index (Phi) is 3.93. The summed E-state index contributed by atoms with van der Waals surface area (Å²) >= 11 is 0. The van der Waals surface area contributed by atoms with Crippen molar-refractivity contribution in [3.63, 3.8) is 0 Å². The number of rotatable bonds is 3. The van der Waals surface area contributed by atoms with Gasteiger partial charge in [0.15, 0.2) is 0 Å². The van der Waals surface area contributed by atoms with Gasteiger partial charge in [0.1, 0.15) is 6.61 Å². The highest BCUT2D eigenvalue weighted by atomic mass is 16.5. The summed E-state index contributed by atoms with van der Waals surface area (Å²) in [4.78, 5) is 11.5. The molecule has 2 nitrogen and oxygen atoms in total. The van der Waals surface area contributed by atoms with Crippen LogP contribution in [-0.4, -0.2) is 12.6 Å². The second-order valence-electron chi connectivity index (χ2n) is 3.92. The summed E-state index contributed by atoms with van der Waals surface area (Å²) in [6.07, 6.45) is 4.43. The standard InChI is InChI=1S/C12H18O2/c1-4-7-14-12(13)11-6-5-9(2)10(3)8-11/h4,11H,1,5-8H2,2-3H3. The van der Waals surface area contributed by atoms with E-state index in [1.54, 1.807) is 6.08 Å². The van der Waals surface area contributed by atoms with Crippen molar-refractivity contribution in [1.82, 2.24) is 0 Å². The van der Waals surface area contributed by atoms with Crippen molar-refractivity contribution >= 4 is 5.97 Å². The lowest BCUT2D eigenvalue weighted by molar-refractivity contribution is -0.147. The summed E-state index contributed by atoms with van der Waals surface area (Å²) in [7, 11) is 0. The number of carbonyl (C=O) groups is 1. The molecule has 0 saturated carbocycles. The zero-order chi connectivity index (χ0) is 10.6. The number of carbonyl (C=O) groups excluding carboxylic acids is 1. The van der Waals surface area contributed by atoms with Gasteiger partial charge in [-0.25, -0.2) is 0 Å². The van der Waals surface area contributed by atoms with Gasteiger partial charge in [0.05, 0.1) is 5.92 Å². The quantitative estimate of drug-likeness (QED) is 0.510. The van der Waals surface area contributed by atoms with Gasteiger partial charge in [0.2, 0.25) is 0 Å². The average molecular weight is 194 g/mol. The van der Waals surface area contributed by atoms with Gasteiger partial charge in [0, 0.05) is 0 Å². The number of esters is 1. The topological polar surface area (TPSA) is 26.3 Å². The Morgan fingerprint density at radius 2 is 2.29 bits per heavy atom. The van der Waals surface area contributed by atoms with Crippen LogP contribution in [0.3, 0.4) is 0 Å². The third-order valence-electron chi connectivity index (χ3n) is 2.83. The molecule has 0 N–H and O–H groups in total. The molecule has 14 heavy (non-hydrogen) atoms. The summed E-state index contributed by atoms with van der Waals surface area (Å²) in [6, 6.07) is 0. The average Bonchev–Trinajstić information content (AvgIpc) is 2.18. The SMILES string of the molecule is C=CCOC(=O)C1CCC(C)=C(C)C1. The van der Waals surface area contributed by atoms with Crippen molar-refractivity contribution in [3.8, 4) is 0 Å². The molecule has 1 atom stereocenters. The van der Waals surface area contributed by atoms with Gasteiger partial charge in [-0.05, 0) is 33.1 Å². The van der Waals surface area contributed by atoms with Crippen molar-refractivity contribution < 1.29 is 9.53 Å². The minimum atomic E-state index is -0.0725. The van der Waals surface area contributed by atoms with Crippen molar-refractivity contribution in [2.45, 2.75) is 33.1 Å². The molecule has 2 heteroatoms. The Hall–Kier alpha value is -1.05. The molecule has 0 aliphatic heterocycles. The van der Waals surface area contributed by atoms with Crippen molar-refractivity contribution in [2.75, 3.05) is 6.61 Å². The fourth-order valence-electron chi connectivity index (χ4n) is 1.71. The molecule has 1 rings (SSSR count). The number of hydrogen-bond donors (Lipinski definition) is 0. The summed E-state index contributed by atoms with van der Waals surface area (Å²) in [5, 5.41) is 0. The van der Waals surface area contributed by atoms with Gasteiger partial charge in [-0.15, -0.1) is 0 Å². The third-order valence-corrected chi connectivity index (χ3v) is 2.83. The first-order chi connectivity index (χ1) is 6.65. The van der Waals surface area contributed by atoms with Crippen LogP contribution in [0.15, 0.2) is 23.8 Å². The fraction of sp³-hybridized carbons (Fsp3) is 0.583. The van der Waals surface area contributed by atoms with E-state index in [0.717, 1.165) is 19.3 Å². The maximum Gasteiger partial charge on any atom is 0.309 e. The number of hydrogen-bond acceptors (Lipinski definition) is 2. The van der Waals surface area contributed by atoms with Crippen LogP contribution in [-0.2, 0) is 9.53 Å². The molecule has 0 radical (unpaired) electrons. The van der Waals surface area contributed by atoms with E-state index in [1.807, 2.05) is 0 Å². The molecule has 0 aromatic carbocycles. The molecular formula is C12H18O2. The molecule has 0 bridgehead atoms. The van der Waals surface area contributed by atoms with Gasteiger partial charge >= 0.3 is 5.97 Å². The number of allylic oxidation sites excluding steroid dienone is 2. The van der Waals surface area contributed by atoms with Crippen LogP contribution in [0.25, 0.3) is 0 Å². The van der Waals surface area contributed by atoms with Crippen molar-refractivity contribution in [3.05, 3.63) is 23.8 Å². The molecule has 1 aliphatic carbocycles. The van der Waals surface area contributed by atoms with Crippen molar-refractivity contribution in [2.24, 2.45) is 5.92 Å². The minimum absolute atomic E-state index is 0.0682. The Bertz CT molecular complexity index is 263. The van der Waals surface area contributed by atoms with E-state index in [2.05, 4.69) is 20.4 Å². The van der Waals surface area contributed by atoms with Crippen LogP contribution in [0.4, 0.5) is 0 Å². The second-order valence-corrected chi connectivity index (χ2v) is 3.92. The molecule has 0 amide bonds. The largest absolute Gasteiger partial charge is 0.461 e. The second kappa shape index (κ2) is 4.99. The van der Waals surface area contributed by atoms with Gasteiger partial charge in [-0.1, -0.05) is 23.8 Å². The molecule has 78 valence electrons. The van der Waals surface area contributed by atoms with Crippen LogP contribution in [0.5, 0.6) is 0 Å². The monoisotopic (exact) mass is 194 g/mol. The van der Waals surface area contributed by atoms with Crippen LogP contribution < -0.4 is 0 Å². The van der Waals surface area contributed by atoms with Gasteiger partial charge in [-0.2, -0.15) is 0 Å². The zero-order valence-corrected chi connectivity index (χ0v) is 9.01. The van der Waals surface area contributed by atoms with E-state index in [9.17, 15) is 4.79 Å². The predicted molar refractivity (Wildman–Crippen MR) is 56.9 cm³/mol. The summed E-state index contributed by atoms with van der Waals surface area (Å²) in [5.74, 6) is -0.00426. The first-order valence-electron chi connectivity index (χ1n) is 5.08. The zero-order valence-electron chi connectivity index (χ0n) is 9.01. The van der Waals surface area contributed by atoms with Crippen molar-refractivity contribution in [1.29, 1.82) is 0 Å². The van der Waals surface area contributed by atoms with E-state index < -0.39 is 0 Å². The van der Waals surface area contributed by atoms with E-state index in [-0.39, 0.29) is 11.9 Å². The molecule has 0 aromatic heterocycles. The Morgan fingerprint density at radius 1 is 1.57 bits per heavy atom. The molecule has 1 unspecified atom stereocenters. The van der Waals surface area contributed by atoms with E-state index in [0.29, 0.717) is 6.61 Å². The van der Waals surface area contributed by atoms with Crippen LogP contribution in [0.1, 0.15) is 33.1 Å². The summed E-state index contributed by atoms with van der Waals surface area (Å²) in [5.41, 5.74) is 2.77. The minimum Gasteiger partial charge on any atom is -0.461 e. The molecule has 0 heterocycles. The molecule has 1 aliphatic rings. The summed E-state index contributed by atoms with van der Waals surface area (Å²) < 4.78 is 5.03. The van der Waals surface area contributed by atoms with E-state index in [1.165, 1.54) is 11.1 Å². The third kappa shape index (κ3) is 2.72. The van der Waals surface area contributed by atoms with Crippen LogP contribution >= 0.6 is 0 Å². The van der Waals surface area contributed by atoms with Crippen LogP contribution in [0.2, 0.25) is 0 Å². The highest BCUT2D eigenvalue weighted by Crippen LogP contribution is 2.29. The molecule has 0 aromatic rings. The highest BCUT2D eigenvalue weighted by Gasteiger charge is 2.24. The molecule has 0 fully saturated rings. The highest BCUT2D eigenvalue weighted by molar-refractivity contribution is 5.73. The molecule has 0 saturated heterocycles. The van der Waals surface area contributed by atoms with E-state index >= 15 is 0 Å².